The Morgan fingerprint density at radius 3 is 2.25 bits per heavy atom. The summed E-state index contributed by atoms with van der Waals surface area (Å²) in [5, 5.41) is 0. The Bertz CT molecular complexity index is 245. The maximum atomic E-state index is 2.31. The standard InChI is InChI=1S/C14H26N.ClH/c1-4-5-6-7-8-9-12-15(3)13-10-11-14(15)2;/h10-11,13H,4-9,12H2,1-3H3;1H/q+1;/p-1. The second-order valence-electron chi connectivity index (χ2n) is 4.91. The van der Waals surface area contributed by atoms with E-state index in [9.17, 15) is 0 Å². The molecule has 1 heterocycles. The van der Waals surface area contributed by atoms with E-state index in [0.717, 1.165) is 4.48 Å². The average molecular weight is 244 g/mol. The Kier molecular flexibility index (Phi) is 7.78. The molecule has 0 saturated carbocycles. The molecular formula is C14H26ClN. The van der Waals surface area contributed by atoms with Crippen molar-refractivity contribution >= 4 is 0 Å². The molecule has 1 atom stereocenters. The minimum absolute atomic E-state index is 0. The molecule has 0 amide bonds. The quantitative estimate of drug-likeness (QED) is 0.466. The molecule has 0 aromatic carbocycles. The van der Waals surface area contributed by atoms with E-state index in [1.807, 2.05) is 0 Å². The molecule has 1 aliphatic rings. The first-order valence-electron chi connectivity index (χ1n) is 6.41. The molecule has 0 bridgehead atoms. The van der Waals surface area contributed by atoms with Crippen molar-refractivity contribution in [3.8, 4) is 0 Å². The highest BCUT2D eigenvalue weighted by Gasteiger charge is 2.23. The lowest BCUT2D eigenvalue weighted by molar-refractivity contribution is -0.818. The van der Waals surface area contributed by atoms with Gasteiger partial charge in [-0.1, -0.05) is 32.6 Å². The van der Waals surface area contributed by atoms with Crippen molar-refractivity contribution in [1.29, 1.82) is 0 Å². The molecule has 0 aliphatic carbocycles. The summed E-state index contributed by atoms with van der Waals surface area (Å²) in [6, 6.07) is 0. The number of nitrogens with zero attached hydrogens (tertiary/aromatic N) is 1. The van der Waals surface area contributed by atoms with E-state index in [-0.39, 0.29) is 12.4 Å². The van der Waals surface area contributed by atoms with Crippen molar-refractivity contribution in [3.63, 3.8) is 0 Å². The molecule has 1 aliphatic heterocycles. The number of halogens is 1. The molecular weight excluding hydrogens is 218 g/mol. The summed E-state index contributed by atoms with van der Waals surface area (Å²) < 4.78 is 1.04. The van der Waals surface area contributed by atoms with E-state index in [1.54, 1.807) is 0 Å². The van der Waals surface area contributed by atoms with Crippen LogP contribution in [0, 0.1) is 0 Å². The SMILES string of the molecule is CCCCCCCC[N+]1(C)C=CC=C1C.[Cl-]. The second-order valence-corrected chi connectivity index (χ2v) is 4.91. The predicted molar refractivity (Wildman–Crippen MR) is 67.3 cm³/mol. The van der Waals surface area contributed by atoms with Crippen LogP contribution in [-0.4, -0.2) is 18.1 Å². The monoisotopic (exact) mass is 243 g/mol. The number of quaternary nitrogens is 1. The average Bonchev–Trinajstić information content (AvgIpc) is 2.54. The van der Waals surface area contributed by atoms with Crippen LogP contribution < -0.4 is 12.4 Å². The highest BCUT2D eigenvalue weighted by molar-refractivity contribution is 5.10. The third-order valence-corrected chi connectivity index (χ3v) is 3.53. The van der Waals surface area contributed by atoms with E-state index in [0.29, 0.717) is 0 Å². The van der Waals surface area contributed by atoms with Crippen molar-refractivity contribution in [1.82, 2.24) is 0 Å². The minimum atomic E-state index is 0. The Morgan fingerprint density at radius 1 is 1.06 bits per heavy atom. The molecule has 1 rings (SSSR count). The molecule has 0 spiro atoms. The Hall–Kier alpha value is -0.270. The summed E-state index contributed by atoms with van der Waals surface area (Å²) in [4.78, 5) is 0. The smallest absolute Gasteiger partial charge is 0.110 e. The van der Waals surface area contributed by atoms with Gasteiger partial charge in [0.25, 0.3) is 0 Å². The van der Waals surface area contributed by atoms with Crippen LogP contribution in [0.25, 0.3) is 0 Å². The fraction of sp³-hybridized carbons (Fsp3) is 0.714. The summed E-state index contributed by atoms with van der Waals surface area (Å²) in [5.41, 5.74) is 1.48. The van der Waals surface area contributed by atoms with Crippen molar-refractivity contribution in [3.05, 3.63) is 24.0 Å². The van der Waals surface area contributed by atoms with Crippen molar-refractivity contribution in [2.45, 2.75) is 52.4 Å². The first kappa shape index (κ1) is 15.7. The topological polar surface area (TPSA) is 0 Å². The van der Waals surface area contributed by atoms with Gasteiger partial charge in [0.2, 0.25) is 0 Å². The van der Waals surface area contributed by atoms with E-state index in [1.165, 1.54) is 50.8 Å². The maximum Gasteiger partial charge on any atom is 0.110 e. The van der Waals surface area contributed by atoms with Crippen molar-refractivity contribution in [2.75, 3.05) is 13.6 Å². The normalized spacial score (nSPS) is 23.1. The molecule has 0 saturated heterocycles. The van der Waals surface area contributed by atoms with Crippen LogP contribution in [0.15, 0.2) is 24.0 Å². The fourth-order valence-corrected chi connectivity index (χ4v) is 2.13. The number of hydrogen-bond acceptors (Lipinski definition) is 0. The van der Waals surface area contributed by atoms with Gasteiger partial charge in [0.05, 0.1) is 13.6 Å². The van der Waals surface area contributed by atoms with Crippen LogP contribution in [0.1, 0.15) is 52.4 Å². The lowest BCUT2D eigenvalue weighted by Crippen LogP contribution is -3.00. The largest absolute Gasteiger partial charge is 1.00 e. The molecule has 0 aromatic heterocycles. The van der Waals surface area contributed by atoms with Gasteiger partial charge in [-0.15, -0.1) is 0 Å². The van der Waals surface area contributed by atoms with Crippen LogP contribution >= 0.6 is 0 Å². The third-order valence-electron chi connectivity index (χ3n) is 3.53. The molecule has 16 heavy (non-hydrogen) atoms. The zero-order valence-corrected chi connectivity index (χ0v) is 11.8. The third kappa shape index (κ3) is 4.71. The highest BCUT2D eigenvalue weighted by Crippen LogP contribution is 2.22. The van der Waals surface area contributed by atoms with E-state index >= 15 is 0 Å². The molecule has 1 nitrogen and oxygen atoms in total. The summed E-state index contributed by atoms with van der Waals surface area (Å²) in [6.45, 7) is 5.78. The molecule has 2 heteroatoms. The van der Waals surface area contributed by atoms with Gasteiger partial charge in [0, 0.05) is 6.92 Å². The summed E-state index contributed by atoms with van der Waals surface area (Å²) in [7, 11) is 2.31. The summed E-state index contributed by atoms with van der Waals surface area (Å²) in [5.74, 6) is 0. The van der Waals surface area contributed by atoms with E-state index in [2.05, 4.69) is 39.2 Å². The lowest BCUT2D eigenvalue weighted by Gasteiger charge is -2.27. The number of hydrogen-bond donors (Lipinski definition) is 0. The minimum Gasteiger partial charge on any atom is -1.00 e. The first-order valence-corrected chi connectivity index (χ1v) is 6.41. The van der Waals surface area contributed by atoms with Crippen LogP contribution in [0.5, 0.6) is 0 Å². The first-order chi connectivity index (χ1) is 7.19. The van der Waals surface area contributed by atoms with Crippen LogP contribution in [0.3, 0.4) is 0 Å². The lowest BCUT2D eigenvalue weighted by atomic mass is 10.1. The van der Waals surface area contributed by atoms with Gasteiger partial charge in [-0.25, -0.2) is 0 Å². The predicted octanol–water partition coefficient (Wildman–Crippen LogP) is 1.23. The highest BCUT2D eigenvalue weighted by atomic mass is 35.5. The van der Waals surface area contributed by atoms with Gasteiger partial charge in [-0.3, -0.25) is 4.48 Å². The van der Waals surface area contributed by atoms with Crippen molar-refractivity contribution < 1.29 is 16.9 Å². The fourth-order valence-electron chi connectivity index (χ4n) is 2.13. The van der Waals surface area contributed by atoms with Gasteiger partial charge >= 0.3 is 0 Å². The Labute approximate surface area is 107 Å². The molecule has 94 valence electrons. The molecule has 0 N–H and O–H groups in total. The van der Waals surface area contributed by atoms with Crippen LogP contribution in [0.2, 0.25) is 0 Å². The Balaban J connectivity index is 0.00000225. The van der Waals surface area contributed by atoms with Crippen molar-refractivity contribution in [2.24, 2.45) is 0 Å². The second kappa shape index (κ2) is 7.92. The zero-order valence-electron chi connectivity index (χ0n) is 11.0. The zero-order chi connectivity index (χ0) is 11.1. The van der Waals surface area contributed by atoms with E-state index < -0.39 is 0 Å². The number of allylic oxidation sites excluding steroid dienone is 3. The number of rotatable bonds is 7. The summed E-state index contributed by atoms with van der Waals surface area (Å²) in [6.07, 6.45) is 15.1. The van der Waals surface area contributed by atoms with Gasteiger partial charge in [0.15, 0.2) is 0 Å². The Morgan fingerprint density at radius 2 is 1.69 bits per heavy atom. The van der Waals surface area contributed by atoms with Gasteiger partial charge in [-0.05, 0) is 25.0 Å². The van der Waals surface area contributed by atoms with Gasteiger partial charge in [-0.2, -0.15) is 0 Å². The van der Waals surface area contributed by atoms with Gasteiger partial charge < -0.3 is 12.4 Å². The van der Waals surface area contributed by atoms with E-state index in [4.69, 9.17) is 0 Å². The molecule has 1 unspecified atom stereocenters. The van der Waals surface area contributed by atoms with Crippen LogP contribution in [-0.2, 0) is 0 Å². The molecule has 0 radical (unpaired) electrons. The molecule has 0 fully saturated rings. The maximum absolute atomic E-state index is 2.31. The number of unbranched alkanes of at least 4 members (excludes halogenated alkanes) is 5. The van der Waals surface area contributed by atoms with Gasteiger partial charge in [0.1, 0.15) is 11.9 Å². The summed E-state index contributed by atoms with van der Waals surface area (Å²) >= 11 is 0. The van der Waals surface area contributed by atoms with Crippen LogP contribution in [0.4, 0.5) is 0 Å². The molecule has 0 aromatic rings.